The largest absolute Gasteiger partial charge is 0.389 e. The zero-order chi connectivity index (χ0) is 14.0. The molecule has 0 aliphatic carbocycles. The molecule has 1 aliphatic heterocycles. The maximum absolute atomic E-state index is 9.64. The highest BCUT2D eigenvalue weighted by molar-refractivity contribution is 9.10. The summed E-state index contributed by atoms with van der Waals surface area (Å²) in [6.45, 7) is 5.28. The molecule has 3 nitrogen and oxygen atoms in total. The molecule has 0 radical (unpaired) electrons. The van der Waals surface area contributed by atoms with Gasteiger partial charge in [-0.1, -0.05) is 22.0 Å². The van der Waals surface area contributed by atoms with Crippen molar-refractivity contribution in [2.45, 2.75) is 19.4 Å². The van der Waals surface area contributed by atoms with E-state index in [9.17, 15) is 5.11 Å². The van der Waals surface area contributed by atoms with E-state index >= 15 is 0 Å². The molecule has 0 bridgehead atoms. The summed E-state index contributed by atoms with van der Waals surface area (Å²) in [5, 5.41) is 9.64. The van der Waals surface area contributed by atoms with Crippen LogP contribution in [-0.2, 0) is 0 Å². The van der Waals surface area contributed by atoms with E-state index in [2.05, 4.69) is 52.0 Å². The predicted octanol–water partition coefficient (Wildman–Crippen LogP) is 2.89. The first kappa shape index (κ1) is 14.8. The van der Waals surface area contributed by atoms with E-state index in [0.29, 0.717) is 0 Å². The average Bonchev–Trinajstić information content (AvgIpc) is 2.74. The lowest BCUT2D eigenvalue weighted by molar-refractivity contribution is 0.198. The molecular formula is C15H23BrN2O. The first-order valence-corrected chi connectivity index (χ1v) is 7.64. The predicted molar refractivity (Wildman–Crippen MR) is 83.6 cm³/mol. The number of rotatable bonds is 4. The third kappa shape index (κ3) is 3.71. The smallest absolute Gasteiger partial charge is 0.0772 e. The number of nitrogens with zero attached hydrogens (tertiary/aromatic N) is 2. The molecule has 0 spiro atoms. The number of hydrogen-bond donors (Lipinski definition) is 1. The van der Waals surface area contributed by atoms with Gasteiger partial charge in [-0.25, -0.2) is 0 Å². The van der Waals surface area contributed by atoms with Gasteiger partial charge in [0.05, 0.1) is 6.10 Å². The van der Waals surface area contributed by atoms with Gasteiger partial charge in [0.2, 0.25) is 0 Å². The van der Waals surface area contributed by atoms with Gasteiger partial charge in [0.1, 0.15) is 0 Å². The SMILES string of the molecule is C[C@@H](O)c1ccc(N(C)CC2CCN(C)C2)cc1Br. The molecule has 1 aromatic rings. The molecule has 1 aromatic carbocycles. The molecule has 0 amide bonds. The van der Waals surface area contributed by atoms with Crippen molar-refractivity contribution < 1.29 is 5.11 Å². The summed E-state index contributed by atoms with van der Waals surface area (Å²) in [6, 6.07) is 6.19. The Morgan fingerprint density at radius 1 is 1.53 bits per heavy atom. The molecule has 4 heteroatoms. The van der Waals surface area contributed by atoms with Gasteiger partial charge in [-0.05, 0) is 50.6 Å². The highest BCUT2D eigenvalue weighted by Crippen LogP contribution is 2.28. The Kier molecular flexibility index (Phi) is 4.87. The minimum atomic E-state index is -0.433. The second-order valence-electron chi connectivity index (χ2n) is 5.68. The van der Waals surface area contributed by atoms with Crippen molar-refractivity contribution in [3.05, 3.63) is 28.2 Å². The Labute approximate surface area is 124 Å². The zero-order valence-corrected chi connectivity index (χ0v) is 13.5. The summed E-state index contributed by atoms with van der Waals surface area (Å²) < 4.78 is 0.982. The maximum Gasteiger partial charge on any atom is 0.0772 e. The lowest BCUT2D eigenvalue weighted by Gasteiger charge is -2.24. The van der Waals surface area contributed by atoms with E-state index in [-0.39, 0.29) is 0 Å². The van der Waals surface area contributed by atoms with Crippen LogP contribution in [0.4, 0.5) is 5.69 Å². The fourth-order valence-corrected chi connectivity index (χ4v) is 3.46. The lowest BCUT2D eigenvalue weighted by Crippen LogP contribution is -2.27. The molecule has 106 valence electrons. The molecular weight excluding hydrogens is 304 g/mol. The second kappa shape index (κ2) is 6.25. The van der Waals surface area contributed by atoms with Crippen LogP contribution in [0.5, 0.6) is 0 Å². The molecule has 19 heavy (non-hydrogen) atoms. The van der Waals surface area contributed by atoms with Crippen molar-refractivity contribution in [2.24, 2.45) is 5.92 Å². The molecule has 1 unspecified atom stereocenters. The Hall–Kier alpha value is -0.580. The molecule has 1 fully saturated rings. The van der Waals surface area contributed by atoms with Crippen LogP contribution < -0.4 is 4.90 Å². The minimum Gasteiger partial charge on any atom is -0.389 e. The van der Waals surface area contributed by atoms with Gasteiger partial charge in [0.25, 0.3) is 0 Å². The normalized spacial score (nSPS) is 21.6. The fourth-order valence-electron chi connectivity index (χ4n) is 2.76. The second-order valence-corrected chi connectivity index (χ2v) is 6.53. The molecule has 0 aromatic heterocycles. The van der Waals surface area contributed by atoms with E-state index in [0.717, 1.165) is 22.5 Å². The fraction of sp³-hybridized carbons (Fsp3) is 0.600. The summed E-state index contributed by atoms with van der Waals surface area (Å²) in [5.41, 5.74) is 2.14. The van der Waals surface area contributed by atoms with Gasteiger partial charge in [0, 0.05) is 30.3 Å². The molecule has 1 heterocycles. The number of anilines is 1. The molecule has 0 saturated carbocycles. The quantitative estimate of drug-likeness (QED) is 0.921. The Bertz CT molecular complexity index is 436. The molecule has 2 rings (SSSR count). The van der Waals surface area contributed by atoms with Gasteiger partial charge in [-0.15, -0.1) is 0 Å². The number of likely N-dealkylation sites (tertiary alicyclic amines) is 1. The number of benzene rings is 1. The van der Waals surface area contributed by atoms with Crippen LogP contribution in [0.3, 0.4) is 0 Å². The summed E-state index contributed by atoms with van der Waals surface area (Å²) >= 11 is 3.54. The monoisotopic (exact) mass is 326 g/mol. The van der Waals surface area contributed by atoms with Crippen molar-refractivity contribution in [2.75, 3.05) is 38.6 Å². The van der Waals surface area contributed by atoms with E-state index in [1.165, 1.54) is 25.2 Å². The van der Waals surface area contributed by atoms with Crippen LogP contribution in [-0.4, -0.2) is 43.7 Å². The minimum absolute atomic E-state index is 0.433. The van der Waals surface area contributed by atoms with Gasteiger partial charge in [-0.2, -0.15) is 0 Å². The van der Waals surface area contributed by atoms with Crippen LogP contribution in [0.25, 0.3) is 0 Å². The molecule has 1 N–H and O–H groups in total. The number of halogens is 1. The molecule has 1 saturated heterocycles. The van der Waals surface area contributed by atoms with Crippen molar-refractivity contribution in [3.8, 4) is 0 Å². The van der Waals surface area contributed by atoms with Crippen LogP contribution in [0.1, 0.15) is 25.0 Å². The Balaban J connectivity index is 2.03. The van der Waals surface area contributed by atoms with Crippen LogP contribution in [0.15, 0.2) is 22.7 Å². The topological polar surface area (TPSA) is 26.7 Å². The van der Waals surface area contributed by atoms with Crippen molar-refractivity contribution in [1.29, 1.82) is 0 Å². The van der Waals surface area contributed by atoms with Crippen molar-refractivity contribution in [3.63, 3.8) is 0 Å². The van der Waals surface area contributed by atoms with Gasteiger partial charge in [-0.3, -0.25) is 0 Å². The van der Waals surface area contributed by atoms with Crippen molar-refractivity contribution >= 4 is 21.6 Å². The van der Waals surface area contributed by atoms with E-state index in [1.807, 2.05) is 6.07 Å². The summed E-state index contributed by atoms with van der Waals surface area (Å²) in [6.07, 6.45) is 0.852. The summed E-state index contributed by atoms with van der Waals surface area (Å²) in [4.78, 5) is 4.70. The molecule has 1 aliphatic rings. The van der Waals surface area contributed by atoms with E-state index in [1.54, 1.807) is 6.92 Å². The Morgan fingerprint density at radius 3 is 2.79 bits per heavy atom. The average molecular weight is 327 g/mol. The van der Waals surface area contributed by atoms with Gasteiger partial charge in [0.15, 0.2) is 0 Å². The first-order chi connectivity index (χ1) is 8.97. The zero-order valence-electron chi connectivity index (χ0n) is 11.9. The van der Waals surface area contributed by atoms with Crippen LogP contribution in [0, 0.1) is 5.92 Å². The number of aliphatic hydroxyl groups excluding tert-OH is 1. The first-order valence-electron chi connectivity index (χ1n) is 6.84. The summed E-state index contributed by atoms with van der Waals surface area (Å²) in [5.74, 6) is 0.755. The van der Waals surface area contributed by atoms with Gasteiger partial charge < -0.3 is 14.9 Å². The van der Waals surface area contributed by atoms with E-state index < -0.39 is 6.10 Å². The summed E-state index contributed by atoms with van der Waals surface area (Å²) in [7, 11) is 4.33. The Morgan fingerprint density at radius 2 is 2.26 bits per heavy atom. The van der Waals surface area contributed by atoms with Crippen LogP contribution >= 0.6 is 15.9 Å². The number of aliphatic hydroxyl groups is 1. The molecule has 2 atom stereocenters. The van der Waals surface area contributed by atoms with E-state index in [4.69, 9.17) is 0 Å². The lowest BCUT2D eigenvalue weighted by atomic mass is 10.1. The van der Waals surface area contributed by atoms with Crippen LogP contribution in [0.2, 0.25) is 0 Å². The van der Waals surface area contributed by atoms with Gasteiger partial charge >= 0.3 is 0 Å². The van der Waals surface area contributed by atoms with Crippen molar-refractivity contribution in [1.82, 2.24) is 4.90 Å². The maximum atomic E-state index is 9.64. The third-order valence-corrected chi connectivity index (χ3v) is 4.58. The number of hydrogen-bond acceptors (Lipinski definition) is 3. The highest BCUT2D eigenvalue weighted by atomic mass is 79.9. The standard InChI is InChI=1S/C15H23BrN2O/c1-11(19)14-5-4-13(8-15(14)16)18(3)10-12-6-7-17(2)9-12/h4-5,8,11-12,19H,6-7,9-10H2,1-3H3/t11-,12?/m1/s1. The highest BCUT2D eigenvalue weighted by Gasteiger charge is 2.21. The third-order valence-electron chi connectivity index (χ3n) is 3.90.